The van der Waals surface area contributed by atoms with E-state index in [4.69, 9.17) is 9.84 Å². The number of nitro groups is 1. The Hall–Kier alpha value is -1.95. The summed E-state index contributed by atoms with van der Waals surface area (Å²) in [6, 6.07) is 6.72. The predicted octanol–water partition coefficient (Wildman–Crippen LogP) is 0.747. The molecule has 0 spiro atoms. The molecule has 0 radical (unpaired) electrons. The highest BCUT2D eigenvalue weighted by Gasteiger charge is 2.33. The van der Waals surface area contributed by atoms with Gasteiger partial charge in [0.15, 0.2) is 11.5 Å². The van der Waals surface area contributed by atoms with Gasteiger partial charge in [-0.25, -0.2) is 4.99 Å². The summed E-state index contributed by atoms with van der Waals surface area (Å²) in [6.07, 6.45) is -1.38. The molecule has 1 aromatic carbocycles. The predicted molar refractivity (Wildman–Crippen MR) is 52.0 cm³/mol. The van der Waals surface area contributed by atoms with E-state index in [0.29, 0.717) is 11.4 Å². The lowest BCUT2D eigenvalue weighted by Crippen LogP contribution is -2.38. The topological polar surface area (TPSA) is 85.0 Å². The summed E-state index contributed by atoms with van der Waals surface area (Å²) in [5.41, 5.74) is 0.512. The highest BCUT2D eigenvalue weighted by molar-refractivity contribution is 5.92. The zero-order valence-electron chi connectivity index (χ0n) is 7.66. The number of hydrogen-bond acceptors (Lipinski definition) is 5. The molecule has 6 nitrogen and oxygen atoms in total. The van der Waals surface area contributed by atoms with Crippen LogP contribution in [0, 0.1) is 10.1 Å². The van der Waals surface area contributed by atoms with E-state index in [9.17, 15) is 10.1 Å². The van der Waals surface area contributed by atoms with E-state index in [-0.39, 0.29) is 5.71 Å². The van der Waals surface area contributed by atoms with Crippen LogP contribution in [-0.4, -0.2) is 28.6 Å². The highest BCUT2D eigenvalue weighted by Crippen LogP contribution is 2.31. The van der Waals surface area contributed by atoms with Crippen molar-refractivity contribution in [1.82, 2.24) is 0 Å². The Bertz CT molecular complexity index is 430. The molecule has 78 valence electrons. The van der Waals surface area contributed by atoms with E-state index in [2.05, 4.69) is 4.99 Å². The molecule has 1 unspecified atom stereocenters. The fraction of sp³-hybridized carbons (Fsp3) is 0.222. The second kappa shape index (κ2) is 3.66. The average molecular weight is 208 g/mol. The van der Waals surface area contributed by atoms with Crippen LogP contribution in [0.5, 0.6) is 5.75 Å². The van der Waals surface area contributed by atoms with E-state index in [1.54, 1.807) is 24.3 Å². The molecule has 1 aliphatic rings. The van der Waals surface area contributed by atoms with Crippen molar-refractivity contribution in [3.63, 3.8) is 0 Å². The van der Waals surface area contributed by atoms with Crippen LogP contribution in [0.25, 0.3) is 0 Å². The average Bonchev–Trinajstić information content (AvgIpc) is 2.27. The number of hydrogen-bond donors (Lipinski definition) is 1. The van der Waals surface area contributed by atoms with Gasteiger partial charge in [0.1, 0.15) is 5.69 Å². The molecule has 0 saturated carbocycles. The normalized spacial score (nSPS) is 18.7. The van der Waals surface area contributed by atoms with Crippen molar-refractivity contribution < 1.29 is 14.8 Å². The second-order valence-electron chi connectivity index (χ2n) is 2.98. The Balaban J connectivity index is 2.43. The minimum absolute atomic E-state index is 0.0127. The summed E-state index contributed by atoms with van der Waals surface area (Å²) < 4.78 is 5.11. The minimum atomic E-state index is -1.38. The fourth-order valence-corrected chi connectivity index (χ4v) is 1.33. The lowest BCUT2D eigenvalue weighted by Gasteiger charge is -2.18. The molecule has 0 aliphatic carbocycles. The SMILES string of the molecule is O=[N+]([O-])C1Oc2ccccc2N=C1CO. The van der Waals surface area contributed by atoms with Crippen molar-refractivity contribution in [2.45, 2.75) is 6.23 Å². The Morgan fingerprint density at radius 3 is 2.93 bits per heavy atom. The Labute approximate surface area is 85.0 Å². The first kappa shape index (κ1) is 9.60. The maximum absolute atomic E-state index is 10.6. The Morgan fingerprint density at radius 1 is 1.53 bits per heavy atom. The first-order valence-electron chi connectivity index (χ1n) is 4.30. The van der Waals surface area contributed by atoms with Crippen LogP contribution in [0.2, 0.25) is 0 Å². The number of aliphatic imine (C=N–C) groups is 1. The molecule has 2 rings (SSSR count). The van der Waals surface area contributed by atoms with Gasteiger partial charge in [0.25, 0.3) is 0 Å². The lowest BCUT2D eigenvalue weighted by molar-refractivity contribution is -0.541. The third-order valence-electron chi connectivity index (χ3n) is 2.01. The maximum Gasteiger partial charge on any atom is 0.396 e. The minimum Gasteiger partial charge on any atom is -0.423 e. The number of fused-ring (bicyclic) bond motifs is 1. The largest absolute Gasteiger partial charge is 0.423 e. The Kier molecular flexibility index (Phi) is 2.34. The summed E-state index contributed by atoms with van der Waals surface area (Å²) in [5.74, 6) is 0.358. The van der Waals surface area contributed by atoms with E-state index in [1.165, 1.54) is 0 Å². The highest BCUT2D eigenvalue weighted by atomic mass is 16.7. The van der Waals surface area contributed by atoms with Gasteiger partial charge < -0.3 is 9.84 Å². The molecule has 15 heavy (non-hydrogen) atoms. The van der Waals surface area contributed by atoms with Crippen LogP contribution in [-0.2, 0) is 0 Å². The first-order chi connectivity index (χ1) is 7.22. The van der Waals surface area contributed by atoms with Gasteiger partial charge in [-0.3, -0.25) is 10.1 Å². The Morgan fingerprint density at radius 2 is 2.27 bits per heavy atom. The van der Waals surface area contributed by atoms with Crippen LogP contribution in [0.4, 0.5) is 5.69 Å². The van der Waals surface area contributed by atoms with Crippen molar-refractivity contribution in [3.05, 3.63) is 34.4 Å². The third kappa shape index (κ3) is 1.66. The maximum atomic E-state index is 10.6. The summed E-state index contributed by atoms with van der Waals surface area (Å²) in [5, 5.41) is 19.5. The number of aliphatic hydroxyl groups is 1. The van der Waals surface area contributed by atoms with Crippen LogP contribution >= 0.6 is 0 Å². The van der Waals surface area contributed by atoms with Gasteiger partial charge in [0, 0.05) is 0 Å². The number of aliphatic hydroxyl groups excluding tert-OH is 1. The molecule has 1 aliphatic heterocycles. The van der Waals surface area contributed by atoms with Crippen molar-refractivity contribution in [3.8, 4) is 5.75 Å². The first-order valence-corrected chi connectivity index (χ1v) is 4.30. The van der Waals surface area contributed by atoms with Gasteiger partial charge in [-0.2, -0.15) is 0 Å². The van der Waals surface area contributed by atoms with Crippen LogP contribution in [0.1, 0.15) is 0 Å². The molecule has 0 aromatic heterocycles. The standard InChI is InChI=1S/C9H8N2O4/c12-5-7-9(11(13)14)15-8-4-2-1-3-6(8)10-7/h1-4,9,12H,5H2. The molecule has 6 heteroatoms. The van der Waals surface area contributed by atoms with Crippen molar-refractivity contribution >= 4 is 11.4 Å². The van der Waals surface area contributed by atoms with Gasteiger partial charge in [-0.15, -0.1) is 0 Å². The summed E-state index contributed by atoms with van der Waals surface area (Å²) in [4.78, 5) is 14.0. The monoisotopic (exact) mass is 208 g/mol. The molecule has 1 aromatic rings. The zero-order valence-corrected chi connectivity index (χ0v) is 7.66. The van der Waals surface area contributed by atoms with E-state index >= 15 is 0 Å². The number of nitrogens with zero attached hydrogens (tertiary/aromatic N) is 2. The molecule has 0 fully saturated rings. The van der Waals surface area contributed by atoms with Crippen LogP contribution in [0.3, 0.4) is 0 Å². The molecule has 1 heterocycles. The number of ether oxygens (including phenoxy) is 1. The second-order valence-corrected chi connectivity index (χ2v) is 2.98. The lowest BCUT2D eigenvalue weighted by atomic mass is 10.2. The van der Waals surface area contributed by atoms with Gasteiger partial charge in [-0.1, -0.05) is 12.1 Å². The quantitative estimate of drug-likeness (QED) is 0.574. The van der Waals surface area contributed by atoms with Crippen LogP contribution < -0.4 is 4.74 Å². The van der Waals surface area contributed by atoms with Gasteiger partial charge in [0.05, 0.1) is 11.5 Å². The molecule has 0 saturated heterocycles. The molecule has 1 atom stereocenters. The fourth-order valence-electron chi connectivity index (χ4n) is 1.33. The number of benzene rings is 1. The van der Waals surface area contributed by atoms with Crippen molar-refractivity contribution in [1.29, 1.82) is 0 Å². The third-order valence-corrected chi connectivity index (χ3v) is 2.01. The number of para-hydroxylation sites is 2. The number of rotatable bonds is 2. The van der Waals surface area contributed by atoms with Crippen molar-refractivity contribution in [2.75, 3.05) is 6.61 Å². The summed E-state index contributed by atoms with van der Waals surface area (Å²) >= 11 is 0. The van der Waals surface area contributed by atoms with Gasteiger partial charge >= 0.3 is 6.23 Å². The molecule has 0 bridgehead atoms. The van der Waals surface area contributed by atoms with Crippen molar-refractivity contribution in [2.24, 2.45) is 4.99 Å². The van der Waals surface area contributed by atoms with Crippen LogP contribution in [0.15, 0.2) is 29.3 Å². The van der Waals surface area contributed by atoms with E-state index in [1.807, 2.05) is 0 Å². The summed E-state index contributed by atoms with van der Waals surface area (Å²) in [7, 11) is 0. The van der Waals surface area contributed by atoms with Gasteiger partial charge in [0.2, 0.25) is 0 Å². The molecule has 0 amide bonds. The zero-order chi connectivity index (χ0) is 10.8. The molecule has 1 N–H and O–H groups in total. The summed E-state index contributed by atoms with van der Waals surface area (Å²) in [6.45, 7) is -0.486. The molecular weight excluding hydrogens is 200 g/mol. The van der Waals surface area contributed by atoms with Gasteiger partial charge in [-0.05, 0) is 12.1 Å². The molecular formula is C9H8N2O4. The van der Waals surface area contributed by atoms with E-state index < -0.39 is 17.8 Å². The van der Waals surface area contributed by atoms with E-state index in [0.717, 1.165) is 0 Å². The smallest absolute Gasteiger partial charge is 0.396 e.